The molecule has 1 aliphatic rings. The molecule has 0 aliphatic carbocycles. The summed E-state index contributed by atoms with van der Waals surface area (Å²) in [6.45, 7) is 6.70. The Labute approximate surface area is 159 Å². The van der Waals surface area contributed by atoms with Gasteiger partial charge >= 0.3 is 0 Å². The molecule has 3 aromatic rings. The van der Waals surface area contributed by atoms with E-state index in [0.717, 1.165) is 29.2 Å². The van der Waals surface area contributed by atoms with Crippen molar-refractivity contribution in [3.8, 4) is 11.3 Å². The van der Waals surface area contributed by atoms with Crippen molar-refractivity contribution in [1.82, 2.24) is 4.98 Å². The van der Waals surface area contributed by atoms with Gasteiger partial charge in [-0.2, -0.15) is 0 Å². The SMILES string of the molecule is CC(Nc1cccc(N2CC(C)(C)C2=O)c1)c1ncc(-c2ccccc2)o1. The molecule has 0 bridgehead atoms. The second-order valence-electron chi connectivity index (χ2n) is 7.62. The Hall–Kier alpha value is -3.08. The zero-order valence-electron chi connectivity index (χ0n) is 15.8. The number of carbonyl (C=O) groups is 1. The van der Waals surface area contributed by atoms with Gasteiger partial charge in [0.25, 0.3) is 0 Å². The maximum atomic E-state index is 12.3. The Balaban J connectivity index is 1.48. The number of rotatable bonds is 5. The van der Waals surface area contributed by atoms with Gasteiger partial charge in [0, 0.05) is 23.5 Å². The van der Waals surface area contributed by atoms with Gasteiger partial charge in [-0.25, -0.2) is 4.98 Å². The first-order valence-corrected chi connectivity index (χ1v) is 9.14. The Morgan fingerprint density at radius 3 is 2.63 bits per heavy atom. The minimum atomic E-state index is -0.261. The van der Waals surface area contributed by atoms with Gasteiger partial charge in [0.1, 0.15) is 6.04 Å². The number of oxazole rings is 1. The Bertz CT molecular complexity index is 962. The van der Waals surface area contributed by atoms with Crippen molar-refractivity contribution in [3.63, 3.8) is 0 Å². The lowest BCUT2D eigenvalue weighted by atomic mass is 9.83. The summed E-state index contributed by atoms with van der Waals surface area (Å²) in [7, 11) is 0. The molecule has 1 aliphatic heterocycles. The van der Waals surface area contributed by atoms with Crippen LogP contribution in [0.15, 0.2) is 65.2 Å². The number of β-lactam (4-membered cyclic amide) rings is 1. The van der Waals surface area contributed by atoms with E-state index in [9.17, 15) is 4.79 Å². The third-order valence-electron chi connectivity index (χ3n) is 4.87. The summed E-state index contributed by atoms with van der Waals surface area (Å²) in [5.74, 6) is 1.54. The molecule has 2 heterocycles. The zero-order chi connectivity index (χ0) is 19.0. The molecule has 27 heavy (non-hydrogen) atoms. The Morgan fingerprint density at radius 2 is 1.93 bits per heavy atom. The average molecular weight is 361 g/mol. The smallest absolute Gasteiger partial charge is 0.234 e. The highest BCUT2D eigenvalue weighted by atomic mass is 16.4. The summed E-state index contributed by atoms with van der Waals surface area (Å²) in [6, 6.07) is 17.7. The van der Waals surface area contributed by atoms with Crippen LogP contribution in [-0.4, -0.2) is 17.4 Å². The minimum Gasteiger partial charge on any atom is -0.438 e. The van der Waals surface area contributed by atoms with E-state index < -0.39 is 0 Å². The molecule has 1 unspecified atom stereocenters. The number of benzene rings is 2. The highest BCUT2D eigenvalue weighted by Gasteiger charge is 2.44. The molecular formula is C22H23N3O2. The summed E-state index contributed by atoms with van der Waals surface area (Å²) < 4.78 is 5.92. The van der Waals surface area contributed by atoms with E-state index in [0.29, 0.717) is 5.89 Å². The molecule has 0 radical (unpaired) electrons. The van der Waals surface area contributed by atoms with Crippen LogP contribution in [0.25, 0.3) is 11.3 Å². The molecule has 0 spiro atoms. The monoisotopic (exact) mass is 361 g/mol. The van der Waals surface area contributed by atoms with Gasteiger partial charge in [-0.3, -0.25) is 4.79 Å². The summed E-state index contributed by atoms with van der Waals surface area (Å²) in [6.07, 6.45) is 1.75. The van der Waals surface area contributed by atoms with Gasteiger partial charge in [0.05, 0.1) is 11.6 Å². The molecule has 2 aromatic carbocycles. The van der Waals surface area contributed by atoms with Crippen LogP contribution in [0.2, 0.25) is 0 Å². The van der Waals surface area contributed by atoms with Crippen molar-refractivity contribution in [2.45, 2.75) is 26.8 Å². The number of hydrogen-bond donors (Lipinski definition) is 1. The van der Waals surface area contributed by atoms with Gasteiger partial charge in [0.2, 0.25) is 11.8 Å². The van der Waals surface area contributed by atoms with Crippen LogP contribution in [0, 0.1) is 5.41 Å². The molecule has 1 N–H and O–H groups in total. The molecule has 1 atom stereocenters. The van der Waals surface area contributed by atoms with Gasteiger partial charge in [0.15, 0.2) is 5.76 Å². The van der Waals surface area contributed by atoms with Crippen LogP contribution in [0.4, 0.5) is 11.4 Å². The van der Waals surface area contributed by atoms with E-state index in [2.05, 4.69) is 10.3 Å². The van der Waals surface area contributed by atoms with Gasteiger partial charge < -0.3 is 14.6 Å². The largest absolute Gasteiger partial charge is 0.438 e. The predicted molar refractivity (Wildman–Crippen MR) is 107 cm³/mol. The molecular weight excluding hydrogens is 338 g/mol. The average Bonchev–Trinajstić information content (AvgIpc) is 3.17. The van der Waals surface area contributed by atoms with Crippen molar-refractivity contribution in [2.24, 2.45) is 5.41 Å². The van der Waals surface area contributed by atoms with Gasteiger partial charge in [-0.15, -0.1) is 0 Å². The standard InChI is InChI=1S/C22H23N3O2/c1-15(20-23-13-19(27-20)16-8-5-4-6-9-16)24-17-10-7-11-18(12-17)25-14-22(2,3)21(25)26/h4-13,15,24H,14H2,1-3H3. The first-order chi connectivity index (χ1) is 12.9. The van der Waals surface area contributed by atoms with Crippen LogP contribution in [0.1, 0.15) is 32.7 Å². The number of carbonyl (C=O) groups excluding carboxylic acids is 1. The van der Waals surface area contributed by atoms with Crippen molar-refractivity contribution in [3.05, 3.63) is 66.7 Å². The summed E-state index contributed by atoms with van der Waals surface area (Å²) in [4.78, 5) is 18.5. The number of amides is 1. The maximum absolute atomic E-state index is 12.3. The number of anilines is 2. The highest BCUT2D eigenvalue weighted by Crippen LogP contribution is 2.36. The van der Waals surface area contributed by atoms with E-state index in [1.54, 1.807) is 6.20 Å². The predicted octanol–water partition coefficient (Wildman–Crippen LogP) is 4.89. The third-order valence-corrected chi connectivity index (χ3v) is 4.87. The Morgan fingerprint density at radius 1 is 1.15 bits per heavy atom. The number of nitrogens with zero attached hydrogens (tertiary/aromatic N) is 2. The second kappa shape index (κ2) is 6.58. The summed E-state index contributed by atoms with van der Waals surface area (Å²) in [5, 5.41) is 3.41. The first kappa shape index (κ1) is 17.3. The van der Waals surface area contributed by atoms with E-state index >= 15 is 0 Å². The Kier molecular flexibility index (Phi) is 4.22. The van der Waals surface area contributed by atoms with Crippen molar-refractivity contribution < 1.29 is 9.21 Å². The lowest BCUT2D eigenvalue weighted by molar-refractivity contribution is -0.132. The van der Waals surface area contributed by atoms with E-state index in [1.807, 2.05) is 80.3 Å². The topological polar surface area (TPSA) is 58.4 Å². The first-order valence-electron chi connectivity index (χ1n) is 9.14. The molecule has 5 nitrogen and oxygen atoms in total. The number of nitrogens with one attached hydrogen (secondary N) is 1. The fourth-order valence-electron chi connectivity index (χ4n) is 3.32. The lowest BCUT2D eigenvalue weighted by Gasteiger charge is -2.44. The molecule has 0 saturated carbocycles. The molecule has 1 saturated heterocycles. The van der Waals surface area contributed by atoms with E-state index in [1.165, 1.54) is 0 Å². The van der Waals surface area contributed by atoms with Crippen LogP contribution in [0.3, 0.4) is 0 Å². The molecule has 1 aromatic heterocycles. The van der Waals surface area contributed by atoms with Gasteiger partial charge in [-0.05, 0) is 39.0 Å². The van der Waals surface area contributed by atoms with E-state index in [-0.39, 0.29) is 17.4 Å². The fraction of sp³-hybridized carbons (Fsp3) is 0.273. The zero-order valence-corrected chi connectivity index (χ0v) is 15.8. The van der Waals surface area contributed by atoms with Crippen molar-refractivity contribution >= 4 is 17.3 Å². The molecule has 5 heteroatoms. The molecule has 4 rings (SSSR count). The van der Waals surface area contributed by atoms with Crippen LogP contribution >= 0.6 is 0 Å². The molecule has 138 valence electrons. The third kappa shape index (κ3) is 3.33. The summed E-state index contributed by atoms with van der Waals surface area (Å²) >= 11 is 0. The van der Waals surface area contributed by atoms with Crippen LogP contribution < -0.4 is 10.2 Å². The second-order valence-corrected chi connectivity index (χ2v) is 7.62. The normalized spacial score (nSPS) is 16.7. The molecule has 1 fully saturated rings. The highest BCUT2D eigenvalue weighted by molar-refractivity contribution is 6.04. The van der Waals surface area contributed by atoms with Crippen molar-refractivity contribution in [2.75, 3.05) is 16.8 Å². The molecule has 1 amide bonds. The summed E-state index contributed by atoms with van der Waals surface area (Å²) in [5.41, 5.74) is 2.58. The quantitative estimate of drug-likeness (QED) is 0.658. The van der Waals surface area contributed by atoms with E-state index in [4.69, 9.17) is 4.42 Å². The number of hydrogen-bond acceptors (Lipinski definition) is 4. The fourth-order valence-corrected chi connectivity index (χ4v) is 3.32. The van der Waals surface area contributed by atoms with Crippen molar-refractivity contribution in [1.29, 1.82) is 0 Å². The van der Waals surface area contributed by atoms with Crippen LogP contribution in [0.5, 0.6) is 0 Å². The maximum Gasteiger partial charge on any atom is 0.234 e. The van der Waals surface area contributed by atoms with Crippen LogP contribution in [-0.2, 0) is 4.79 Å². The lowest BCUT2D eigenvalue weighted by Crippen LogP contribution is -2.58. The van der Waals surface area contributed by atoms with Gasteiger partial charge in [-0.1, -0.05) is 36.4 Å². The number of aromatic nitrogens is 1. The minimum absolute atomic E-state index is 0.0961.